The first-order chi connectivity index (χ1) is 8.85. The van der Waals surface area contributed by atoms with Crippen LogP contribution >= 0.6 is 0 Å². The fourth-order valence-corrected chi connectivity index (χ4v) is 3.36. The second-order valence-electron chi connectivity index (χ2n) is 6.78. The lowest BCUT2D eigenvalue weighted by Gasteiger charge is -2.23. The van der Waals surface area contributed by atoms with E-state index in [0.29, 0.717) is 5.41 Å². The molecule has 2 unspecified atom stereocenters. The summed E-state index contributed by atoms with van der Waals surface area (Å²) in [7, 11) is 2.20. The van der Waals surface area contributed by atoms with Crippen LogP contribution in [0.25, 0.3) is 0 Å². The van der Waals surface area contributed by atoms with E-state index in [2.05, 4.69) is 53.1 Å². The van der Waals surface area contributed by atoms with Gasteiger partial charge in [0.15, 0.2) is 0 Å². The molecular weight excluding hydrogens is 230 g/mol. The van der Waals surface area contributed by atoms with E-state index in [4.69, 9.17) is 0 Å². The van der Waals surface area contributed by atoms with Crippen LogP contribution in [-0.2, 0) is 0 Å². The summed E-state index contributed by atoms with van der Waals surface area (Å²) in [6.45, 7) is 16.9. The van der Waals surface area contributed by atoms with Crippen molar-refractivity contribution in [2.45, 2.75) is 66.7 Å². The molecule has 1 rings (SSSR count). The van der Waals surface area contributed by atoms with Gasteiger partial charge in [-0.15, -0.1) is 0 Å². The minimum Gasteiger partial charge on any atom is -0.378 e. The van der Waals surface area contributed by atoms with Crippen molar-refractivity contribution < 1.29 is 0 Å². The van der Waals surface area contributed by atoms with Gasteiger partial charge in [0.1, 0.15) is 0 Å². The molecule has 2 atom stereocenters. The zero-order valence-corrected chi connectivity index (χ0v) is 14.0. The molecular formula is C18H33N. The van der Waals surface area contributed by atoms with Crippen molar-refractivity contribution in [2.75, 3.05) is 13.6 Å². The van der Waals surface area contributed by atoms with Crippen molar-refractivity contribution in [1.82, 2.24) is 4.90 Å². The third-order valence-electron chi connectivity index (χ3n) is 4.86. The van der Waals surface area contributed by atoms with E-state index >= 15 is 0 Å². The Kier molecular flexibility index (Phi) is 5.70. The number of hydrogen-bond acceptors (Lipinski definition) is 1. The molecule has 0 heterocycles. The largest absolute Gasteiger partial charge is 0.378 e. The Bertz CT molecular complexity index is 349. The molecule has 0 aromatic heterocycles. The molecule has 0 aromatic carbocycles. The summed E-state index contributed by atoms with van der Waals surface area (Å²) in [4.78, 5) is 2.38. The zero-order chi connectivity index (χ0) is 14.6. The molecule has 0 saturated heterocycles. The molecule has 0 radical (unpaired) electrons. The number of allylic oxidation sites excluding steroid dienone is 3. The van der Waals surface area contributed by atoms with E-state index in [1.165, 1.54) is 36.1 Å². The van der Waals surface area contributed by atoms with Gasteiger partial charge < -0.3 is 4.90 Å². The van der Waals surface area contributed by atoms with Crippen LogP contribution in [0.4, 0.5) is 0 Å². The molecule has 0 bridgehead atoms. The number of nitrogens with zero attached hydrogens (tertiary/aromatic N) is 1. The van der Waals surface area contributed by atoms with Crippen LogP contribution in [0.15, 0.2) is 23.4 Å². The third kappa shape index (κ3) is 4.12. The minimum atomic E-state index is 0.577. The van der Waals surface area contributed by atoms with Crippen LogP contribution in [0.1, 0.15) is 66.7 Å². The summed E-state index contributed by atoms with van der Waals surface area (Å²) in [6, 6.07) is 0. The highest BCUT2D eigenvalue weighted by molar-refractivity contribution is 5.19. The van der Waals surface area contributed by atoms with Gasteiger partial charge in [0.05, 0.1) is 0 Å². The predicted octanol–water partition coefficient (Wildman–Crippen LogP) is 5.39. The van der Waals surface area contributed by atoms with Crippen molar-refractivity contribution in [2.24, 2.45) is 11.3 Å². The first-order valence-corrected chi connectivity index (χ1v) is 7.90. The lowest BCUT2D eigenvalue weighted by atomic mass is 9.94. The first kappa shape index (κ1) is 16.3. The summed E-state index contributed by atoms with van der Waals surface area (Å²) in [6.07, 6.45) is 6.35. The SMILES string of the molecule is C=C(CCC(=C(C)C)N(C)CC)C1CC1(C)CCC. The molecule has 0 spiro atoms. The highest BCUT2D eigenvalue weighted by Gasteiger charge is 2.49. The van der Waals surface area contributed by atoms with Gasteiger partial charge >= 0.3 is 0 Å². The monoisotopic (exact) mass is 263 g/mol. The van der Waals surface area contributed by atoms with Gasteiger partial charge in [0.25, 0.3) is 0 Å². The smallest absolute Gasteiger partial charge is 0.0143 e. The fraction of sp³-hybridized carbons (Fsp3) is 0.778. The summed E-state index contributed by atoms with van der Waals surface area (Å²) in [5, 5.41) is 0. The van der Waals surface area contributed by atoms with Gasteiger partial charge in [-0.2, -0.15) is 0 Å². The quantitative estimate of drug-likeness (QED) is 0.530. The maximum Gasteiger partial charge on any atom is 0.0143 e. The highest BCUT2D eigenvalue weighted by atomic mass is 15.1. The van der Waals surface area contributed by atoms with Crippen LogP contribution < -0.4 is 0 Å². The van der Waals surface area contributed by atoms with Crippen molar-refractivity contribution in [1.29, 1.82) is 0 Å². The van der Waals surface area contributed by atoms with Crippen LogP contribution in [-0.4, -0.2) is 18.5 Å². The number of hydrogen-bond donors (Lipinski definition) is 0. The van der Waals surface area contributed by atoms with Crippen LogP contribution in [0.5, 0.6) is 0 Å². The van der Waals surface area contributed by atoms with Gasteiger partial charge in [0, 0.05) is 19.3 Å². The van der Waals surface area contributed by atoms with Crippen molar-refractivity contribution >= 4 is 0 Å². The molecule has 1 fully saturated rings. The highest BCUT2D eigenvalue weighted by Crippen LogP contribution is 2.59. The maximum atomic E-state index is 4.37. The lowest BCUT2D eigenvalue weighted by Crippen LogP contribution is -2.18. The Morgan fingerprint density at radius 1 is 1.26 bits per heavy atom. The van der Waals surface area contributed by atoms with E-state index in [1.807, 2.05) is 0 Å². The van der Waals surface area contributed by atoms with Gasteiger partial charge in [-0.1, -0.05) is 38.0 Å². The van der Waals surface area contributed by atoms with E-state index in [-0.39, 0.29) is 0 Å². The van der Waals surface area contributed by atoms with E-state index < -0.39 is 0 Å². The minimum absolute atomic E-state index is 0.577. The Morgan fingerprint density at radius 2 is 1.89 bits per heavy atom. The standard InChI is InChI=1S/C18H33N/c1-8-12-18(6)13-16(18)15(5)10-11-17(14(3)4)19(7)9-2/h16H,5,8-13H2,1-4,6-7H3. The molecule has 0 aliphatic heterocycles. The van der Waals surface area contributed by atoms with Gasteiger partial charge in [-0.25, -0.2) is 0 Å². The van der Waals surface area contributed by atoms with Crippen LogP contribution in [0, 0.1) is 11.3 Å². The van der Waals surface area contributed by atoms with Gasteiger partial charge in [-0.3, -0.25) is 0 Å². The van der Waals surface area contributed by atoms with Crippen LogP contribution in [0.3, 0.4) is 0 Å². The zero-order valence-electron chi connectivity index (χ0n) is 14.0. The molecule has 1 nitrogen and oxygen atoms in total. The average Bonchev–Trinajstić information content (AvgIpc) is 3.00. The summed E-state index contributed by atoms with van der Waals surface area (Å²) >= 11 is 0. The molecule has 1 saturated carbocycles. The second kappa shape index (κ2) is 6.63. The molecule has 1 heteroatoms. The summed E-state index contributed by atoms with van der Waals surface area (Å²) in [5.41, 5.74) is 5.01. The topological polar surface area (TPSA) is 3.24 Å². The Hall–Kier alpha value is -0.720. The van der Waals surface area contributed by atoms with E-state index in [9.17, 15) is 0 Å². The molecule has 110 valence electrons. The van der Waals surface area contributed by atoms with Crippen molar-refractivity contribution in [3.8, 4) is 0 Å². The van der Waals surface area contributed by atoms with Crippen molar-refractivity contribution in [3.05, 3.63) is 23.4 Å². The number of rotatable bonds is 8. The maximum absolute atomic E-state index is 4.37. The predicted molar refractivity (Wildman–Crippen MR) is 86.2 cm³/mol. The third-order valence-corrected chi connectivity index (χ3v) is 4.86. The normalized spacial score (nSPS) is 25.1. The molecule has 0 aromatic rings. The van der Waals surface area contributed by atoms with Crippen LogP contribution in [0.2, 0.25) is 0 Å². The molecule has 0 amide bonds. The molecule has 0 N–H and O–H groups in total. The molecule has 1 aliphatic carbocycles. The summed E-state index contributed by atoms with van der Waals surface area (Å²) < 4.78 is 0. The second-order valence-corrected chi connectivity index (χ2v) is 6.78. The van der Waals surface area contributed by atoms with Gasteiger partial charge in [-0.05, 0) is 57.8 Å². The Morgan fingerprint density at radius 3 is 2.37 bits per heavy atom. The summed E-state index contributed by atoms with van der Waals surface area (Å²) in [5.74, 6) is 0.790. The van der Waals surface area contributed by atoms with Gasteiger partial charge in [0.2, 0.25) is 0 Å². The van der Waals surface area contributed by atoms with Crippen molar-refractivity contribution in [3.63, 3.8) is 0 Å². The molecule has 1 aliphatic rings. The first-order valence-electron chi connectivity index (χ1n) is 7.90. The fourth-order valence-electron chi connectivity index (χ4n) is 3.36. The average molecular weight is 263 g/mol. The lowest BCUT2D eigenvalue weighted by molar-refractivity contribution is 0.414. The Labute approximate surface area is 120 Å². The van der Waals surface area contributed by atoms with E-state index in [0.717, 1.165) is 25.3 Å². The Balaban J connectivity index is 2.49. The van der Waals surface area contributed by atoms with E-state index in [1.54, 1.807) is 0 Å². The molecule has 19 heavy (non-hydrogen) atoms.